The van der Waals surface area contributed by atoms with E-state index >= 15 is 0 Å². The van der Waals surface area contributed by atoms with Crippen molar-refractivity contribution in [3.05, 3.63) is 53.6 Å². The topological polar surface area (TPSA) is 60.0 Å². The summed E-state index contributed by atoms with van der Waals surface area (Å²) in [5.74, 6) is 1.59. The number of rotatable bonds is 6. The van der Waals surface area contributed by atoms with Gasteiger partial charge < -0.3 is 24.4 Å². The fourth-order valence-corrected chi connectivity index (χ4v) is 3.44. The van der Waals surface area contributed by atoms with Gasteiger partial charge in [-0.1, -0.05) is 18.2 Å². The number of ether oxygens (including phenoxy) is 3. The number of nitrogens with one attached hydrogen (secondary N) is 1. The highest BCUT2D eigenvalue weighted by atomic mass is 16.6. The molecule has 0 bridgehead atoms. The molecule has 0 atom stereocenters. The smallest absolute Gasteiger partial charge is 0.220 e. The lowest BCUT2D eigenvalue weighted by molar-refractivity contribution is -0.121. The largest absolute Gasteiger partial charge is 0.486 e. The minimum absolute atomic E-state index is 0.0483. The number of anilines is 1. The summed E-state index contributed by atoms with van der Waals surface area (Å²) in [5, 5.41) is 3.00. The van der Waals surface area contributed by atoms with Gasteiger partial charge in [0.1, 0.15) is 13.2 Å². The van der Waals surface area contributed by atoms with Gasteiger partial charge in [-0.2, -0.15) is 0 Å². The number of aryl methyl sites for hydroxylation is 1. The van der Waals surface area contributed by atoms with E-state index in [4.69, 9.17) is 14.2 Å². The first kappa shape index (κ1) is 18.6. The van der Waals surface area contributed by atoms with E-state index in [-0.39, 0.29) is 5.91 Å². The third-order valence-electron chi connectivity index (χ3n) is 5.05. The molecule has 28 heavy (non-hydrogen) atoms. The quantitative estimate of drug-likeness (QED) is 0.832. The van der Waals surface area contributed by atoms with Gasteiger partial charge in [0.15, 0.2) is 11.5 Å². The zero-order valence-corrected chi connectivity index (χ0v) is 16.0. The van der Waals surface area contributed by atoms with Gasteiger partial charge in [0, 0.05) is 31.7 Å². The monoisotopic (exact) mass is 382 g/mol. The molecular weight excluding hydrogens is 356 g/mol. The van der Waals surface area contributed by atoms with Crippen molar-refractivity contribution in [2.45, 2.75) is 19.4 Å². The van der Waals surface area contributed by atoms with Crippen LogP contribution in [0, 0.1) is 0 Å². The third kappa shape index (κ3) is 4.75. The van der Waals surface area contributed by atoms with E-state index in [2.05, 4.69) is 34.5 Å². The Kier molecular flexibility index (Phi) is 5.97. The highest BCUT2D eigenvalue weighted by Gasteiger charge is 2.13. The van der Waals surface area contributed by atoms with E-state index in [0.717, 1.165) is 48.9 Å². The zero-order chi connectivity index (χ0) is 19.2. The van der Waals surface area contributed by atoms with E-state index in [0.29, 0.717) is 32.6 Å². The summed E-state index contributed by atoms with van der Waals surface area (Å²) >= 11 is 0. The summed E-state index contributed by atoms with van der Waals surface area (Å²) in [4.78, 5) is 14.5. The van der Waals surface area contributed by atoms with Crippen LogP contribution in [0.2, 0.25) is 0 Å². The SMILES string of the molecule is O=C(CCc1ccc2c(c1)OCCO2)NCc1ccc(N2CCOCC2)cc1. The van der Waals surface area contributed by atoms with Crippen molar-refractivity contribution in [2.75, 3.05) is 44.4 Å². The number of carbonyl (C=O) groups is 1. The summed E-state index contributed by atoms with van der Waals surface area (Å²) in [6.07, 6.45) is 1.13. The van der Waals surface area contributed by atoms with Crippen LogP contribution in [0.25, 0.3) is 0 Å². The summed E-state index contributed by atoms with van der Waals surface area (Å²) < 4.78 is 16.5. The molecule has 1 fully saturated rings. The molecule has 6 heteroatoms. The Hall–Kier alpha value is -2.73. The number of carbonyl (C=O) groups excluding carboxylic acids is 1. The van der Waals surface area contributed by atoms with Gasteiger partial charge >= 0.3 is 0 Å². The number of fused-ring (bicyclic) bond motifs is 1. The van der Waals surface area contributed by atoms with Crippen LogP contribution in [0.15, 0.2) is 42.5 Å². The summed E-state index contributed by atoms with van der Waals surface area (Å²) in [6, 6.07) is 14.2. The summed E-state index contributed by atoms with van der Waals surface area (Å²) in [5.41, 5.74) is 3.39. The Morgan fingerprint density at radius 2 is 1.61 bits per heavy atom. The number of nitrogens with zero attached hydrogens (tertiary/aromatic N) is 1. The van der Waals surface area contributed by atoms with Crippen LogP contribution in [0.5, 0.6) is 11.5 Å². The molecule has 1 saturated heterocycles. The Bertz CT molecular complexity index is 801. The molecular formula is C22H26N2O4. The molecule has 2 heterocycles. The Balaban J connectivity index is 1.23. The highest BCUT2D eigenvalue weighted by molar-refractivity contribution is 5.76. The Morgan fingerprint density at radius 3 is 2.39 bits per heavy atom. The van der Waals surface area contributed by atoms with Crippen molar-refractivity contribution in [1.29, 1.82) is 0 Å². The maximum atomic E-state index is 12.2. The van der Waals surface area contributed by atoms with Crippen LogP contribution in [0.1, 0.15) is 17.5 Å². The first-order valence-corrected chi connectivity index (χ1v) is 9.85. The van der Waals surface area contributed by atoms with E-state index in [1.165, 1.54) is 5.69 Å². The molecule has 0 unspecified atom stereocenters. The van der Waals surface area contributed by atoms with E-state index < -0.39 is 0 Å². The van der Waals surface area contributed by atoms with Crippen LogP contribution >= 0.6 is 0 Å². The van der Waals surface area contributed by atoms with Crippen LogP contribution in [0.3, 0.4) is 0 Å². The first-order valence-electron chi connectivity index (χ1n) is 9.85. The standard InChI is InChI=1S/C22H26N2O4/c25-22(8-4-17-3-7-20-21(15-17)28-14-13-27-20)23-16-18-1-5-19(6-2-18)24-9-11-26-12-10-24/h1-3,5-7,15H,4,8-14,16H2,(H,23,25). The molecule has 0 radical (unpaired) electrons. The fourth-order valence-electron chi connectivity index (χ4n) is 3.44. The molecule has 4 rings (SSSR count). The summed E-state index contributed by atoms with van der Waals surface area (Å²) in [6.45, 7) is 5.11. The molecule has 6 nitrogen and oxygen atoms in total. The van der Waals surface area contributed by atoms with Crippen LogP contribution in [-0.4, -0.2) is 45.4 Å². The summed E-state index contributed by atoms with van der Waals surface area (Å²) in [7, 11) is 0. The van der Waals surface area contributed by atoms with Gasteiger partial charge in [-0.3, -0.25) is 4.79 Å². The Morgan fingerprint density at radius 1 is 0.893 bits per heavy atom. The maximum absolute atomic E-state index is 12.2. The molecule has 0 saturated carbocycles. The number of morpholine rings is 1. The molecule has 0 aliphatic carbocycles. The molecule has 2 aromatic carbocycles. The molecule has 0 aromatic heterocycles. The molecule has 1 N–H and O–H groups in total. The lowest BCUT2D eigenvalue weighted by Crippen LogP contribution is -2.36. The fraction of sp³-hybridized carbons (Fsp3) is 0.409. The minimum atomic E-state index is 0.0483. The second-order valence-electron chi connectivity index (χ2n) is 7.02. The van der Waals surface area contributed by atoms with Crippen molar-refractivity contribution >= 4 is 11.6 Å². The lowest BCUT2D eigenvalue weighted by Gasteiger charge is -2.28. The Labute approximate surface area is 165 Å². The van der Waals surface area contributed by atoms with E-state index in [9.17, 15) is 4.79 Å². The normalized spacial score (nSPS) is 15.9. The number of hydrogen-bond acceptors (Lipinski definition) is 5. The van der Waals surface area contributed by atoms with Gasteiger partial charge in [-0.25, -0.2) is 0 Å². The van der Waals surface area contributed by atoms with Gasteiger partial charge in [-0.15, -0.1) is 0 Å². The average Bonchev–Trinajstić information content (AvgIpc) is 2.77. The minimum Gasteiger partial charge on any atom is -0.486 e. The van der Waals surface area contributed by atoms with E-state index in [1.807, 2.05) is 18.2 Å². The predicted molar refractivity (Wildman–Crippen MR) is 107 cm³/mol. The molecule has 2 aliphatic heterocycles. The number of amides is 1. The van der Waals surface area contributed by atoms with Gasteiger partial charge in [0.25, 0.3) is 0 Å². The van der Waals surface area contributed by atoms with Crippen LogP contribution < -0.4 is 19.7 Å². The van der Waals surface area contributed by atoms with Crippen molar-refractivity contribution in [3.8, 4) is 11.5 Å². The van der Waals surface area contributed by atoms with E-state index in [1.54, 1.807) is 0 Å². The van der Waals surface area contributed by atoms with Crippen molar-refractivity contribution in [3.63, 3.8) is 0 Å². The molecule has 148 valence electrons. The lowest BCUT2D eigenvalue weighted by atomic mass is 10.1. The second-order valence-corrected chi connectivity index (χ2v) is 7.02. The van der Waals surface area contributed by atoms with Crippen molar-refractivity contribution in [1.82, 2.24) is 5.32 Å². The van der Waals surface area contributed by atoms with Crippen molar-refractivity contribution < 1.29 is 19.0 Å². The molecule has 2 aromatic rings. The molecule has 2 aliphatic rings. The van der Waals surface area contributed by atoms with Crippen LogP contribution in [0.4, 0.5) is 5.69 Å². The van der Waals surface area contributed by atoms with Gasteiger partial charge in [0.2, 0.25) is 5.91 Å². The first-order chi connectivity index (χ1) is 13.8. The number of benzene rings is 2. The molecule has 1 amide bonds. The maximum Gasteiger partial charge on any atom is 0.220 e. The van der Waals surface area contributed by atoms with Crippen LogP contribution in [-0.2, 0) is 22.5 Å². The van der Waals surface area contributed by atoms with Gasteiger partial charge in [0.05, 0.1) is 13.2 Å². The van der Waals surface area contributed by atoms with Gasteiger partial charge in [-0.05, 0) is 41.8 Å². The second kappa shape index (κ2) is 8.97. The highest BCUT2D eigenvalue weighted by Crippen LogP contribution is 2.31. The predicted octanol–water partition coefficient (Wildman–Crippen LogP) is 2.54. The molecule has 0 spiro atoms. The van der Waals surface area contributed by atoms with Crippen molar-refractivity contribution in [2.24, 2.45) is 0 Å². The average molecular weight is 382 g/mol. The third-order valence-corrected chi connectivity index (χ3v) is 5.05. The number of hydrogen-bond donors (Lipinski definition) is 1. The zero-order valence-electron chi connectivity index (χ0n) is 16.0.